The van der Waals surface area contributed by atoms with E-state index in [0.717, 1.165) is 53.5 Å². The molecule has 0 saturated carbocycles. The number of piperidine rings is 1. The lowest BCUT2D eigenvalue weighted by Gasteiger charge is -2.31. The van der Waals surface area contributed by atoms with E-state index in [1.807, 2.05) is 25.1 Å². The number of nitrogens with one attached hydrogen (secondary N) is 1. The van der Waals surface area contributed by atoms with Gasteiger partial charge in [0, 0.05) is 41.1 Å². The van der Waals surface area contributed by atoms with Crippen LogP contribution >= 0.6 is 15.9 Å². The number of furan rings is 1. The van der Waals surface area contributed by atoms with Gasteiger partial charge in [-0.15, -0.1) is 0 Å². The summed E-state index contributed by atoms with van der Waals surface area (Å²) < 4.78 is 6.78. The standard InChI is InChI=1S/C20H25BrN2O2/c1-13(2)6-9-23-10-7-16(8-11-23)22-20(24)19-14(3)17-12-15(21)4-5-18(17)25-19/h4-6,12,16H,7-11H2,1-3H3,(H,22,24). The largest absolute Gasteiger partial charge is 0.451 e. The third kappa shape index (κ3) is 4.33. The fraction of sp³-hybridized carbons (Fsp3) is 0.450. The Bertz CT molecular complexity index is 797. The monoisotopic (exact) mass is 404 g/mol. The van der Waals surface area contributed by atoms with E-state index in [1.54, 1.807) is 0 Å². The summed E-state index contributed by atoms with van der Waals surface area (Å²) in [5, 5.41) is 4.13. The van der Waals surface area contributed by atoms with Crippen molar-refractivity contribution in [2.45, 2.75) is 39.7 Å². The number of benzene rings is 1. The van der Waals surface area contributed by atoms with E-state index in [-0.39, 0.29) is 11.9 Å². The minimum atomic E-state index is -0.104. The van der Waals surface area contributed by atoms with Gasteiger partial charge in [0.2, 0.25) is 0 Å². The lowest BCUT2D eigenvalue weighted by Crippen LogP contribution is -2.44. The number of aryl methyl sites for hydroxylation is 1. The van der Waals surface area contributed by atoms with Gasteiger partial charge in [-0.3, -0.25) is 9.69 Å². The van der Waals surface area contributed by atoms with Crippen LogP contribution in [0, 0.1) is 6.92 Å². The molecule has 25 heavy (non-hydrogen) atoms. The van der Waals surface area contributed by atoms with E-state index in [9.17, 15) is 4.79 Å². The molecule has 5 heteroatoms. The Balaban J connectivity index is 1.62. The molecule has 1 fully saturated rings. The number of amides is 1. The first-order valence-electron chi connectivity index (χ1n) is 8.79. The molecular formula is C20H25BrN2O2. The molecule has 0 aliphatic carbocycles. The number of halogens is 1. The Labute approximate surface area is 157 Å². The highest BCUT2D eigenvalue weighted by Crippen LogP contribution is 2.28. The molecule has 1 amide bonds. The molecule has 1 N–H and O–H groups in total. The maximum absolute atomic E-state index is 12.6. The van der Waals surface area contributed by atoms with Gasteiger partial charge in [0.1, 0.15) is 5.58 Å². The van der Waals surface area contributed by atoms with Crippen LogP contribution in [0.5, 0.6) is 0 Å². The average Bonchev–Trinajstić information content (AvgIpc) is 2.91. The summed E-state index contributed by atoms with van der Waals surface area (Å²) in [6, 6.07) is 6.03. The van der Waals surface area contributed by atoms with E-state index in [1.165, 1.54) is 5.57 Å². The van der Waals surface area contributed by atoms with Crippen molar-refractivity contribution in [3.05, 3.63) is 45.6 Å². The van der Waals surface area contributed by atoms with Gasteiger partial charge in [-0.05, 0) is 51.8 Å². The second kappa shape index (κ2) is 7.75. The van der Waals surface area contributed by atoms with Gasteiger partial charge < -0.3 is 9.73 Å². The molecule has 0 radical (unpaired) electrons. The zero-order valence-electron chi connectivity index (χ0n) is 15.1. The zero-order chi connectivity index (χ0) is 18.0. The number of hydrogen-bond donors (Lipinski definition) is 1. The summed E-state index contributed by atoms with van der Waals surface area (Å²) in [7, 11) is 0. The van der Waals surface area contributed by atoms with Crippen molar-refractivity contribution in [3.8, 4) is 0 Å². The highest BCUT2D eigenvalue weighted by molar-refractivity contribution is 9.10. The van der Waals surface area contributed by atoms with Gasteiger partial charge in [-0.25, -0.2) is 0 Å². The smallest absolute Gasteiger partial charge is 0.287 e. The molecule has 2 aromatic rings. The van der Waals surface area contributed by atoms with Crippen LogP contribution < -0.4 is 5.32 Å². The molecule has 3 rings (SSSR count). The molecule has 0 bridgehead atoms. The molecule has 0 spiro atoms. The first kappa shape index (κ1) is 18.2. The summed E-state index contributed by atoms with van der Waals surface area (Å²) in [5.41, 5.74) is 3.00. The number of allylic oxidation sites excluding steroid dienone is 1. The first-order valence-corrected chi connectivity index (χ1v) is 9.58. The topological polar surface area (TPSA) is 45.5 Å². The normalized spacial score (nSPS) is 16.2. The summed E-state index contributed by atoms with van der Waals surface area (Å²) in [6.45, 7) is 9.22. The Morgan fingerprint density at radius 3 is 2.76 bits per heavy atom. The van der Waals surface area contributed by atoms with Gasteiger partial charge in [0.05, 0.1) is 0 Å². The number of likely N-dealkylation sites (tertiary alicyclic amines) is 1. The Kier molecular flexibility index (Phi) is 5.64. The van der Waals surface area contributed by atoms with E-state index in [2.05, 4.69) is 46.1 Å². The molecule has 1 saturated heterocycles. The first-order chi connectivity index (χ1) is 11.9. The molecule has 4 nitrogen and oxygen atoms in total. The number of hydrogen-bond acceptors (Lipinski definition) is 3. The fourth-order valence-electron chi connectivity index (χ4n) is 3.23. The summed E-state index contributed by atoms with van der Waals surface area (Å²) >= 11 is 3.47. The van der Waals surface area contributed by atoms with Crippen LogP contribution in [0.25, 0.3) is 11.0 Å². The van der Waals surface area contributed by atoms with Crippen LogP contribution in [0.15, 0.2) is 38.7 Å². The lowest BCUT2D eigenvalue weighted by molar-refractivity contribution is 0.0887. The number of carbonyl (C=O) groups excluding carboxylic acids is 1. The van der Waals surface area contributed by atoms with E-state index in [4.69, 9.17) is 4.42 Å². The van der Waals surface area contributed by atoms with Crippen LogP contribution in [0.4, 0.5) is 0 Å². The van der Waals surface area contributed by atoms with Crippen molar-refractivity contribution in [1.82, 2.24) is 10.2 Å². The van der Waals surface area contributed by atoms with Crippen molar-refractivity contribution >= 4 is 32.8 Å². The van der Waals surface area contributed by atoms with Crippen LogP contribution in [0.3, 0.4) is 0 Å². The maximum Gasteiger partial charge on any atom is 0.287 e. The Morgan fingerprint density at radius 1 is 1.36 bits per heavy atom. The predicted octanol–water partition coefficient (Wildman–Crippen LogP) is 4.66. The summed E-state index contributed by atoms with van der Waals surface area (Å²) in [5.74, 6) is 0.327. The molecule has 1 aliphatic rings. The minimum Gasteiger partial charge on any atom is -0.451 e. The highest BCUT2D eigenvalue weighted by atomic mass is 79.9. The van der Waals surface area contributed by atoms with E-state index >= 15 is 0 Å². The lowest BCUT2D eigenvalue weighted by atomic mass is 10.0. The van der Waals surface area contributed by atoms with Crippen molar-refractivity contribution < 1.29 is 9.21 Å². The second-order valence-electron chi connectivity index (χ2n) is 7.03. The molecule has 134 valence electrons. The van der Waals surface area contributed by atoms with Crippen molar-refractivity contribution in [2.24, 2.45) is 0 Å². The van der Waals surface area contributed by atoms with Crippen LogP contribution in [-0.2, 0) is 0 Å². The molecule has 1 aromatic carbocycles. The number of nitrogens with zero attached hydrogens (tertiary/aromatic N) is 1. The fourth-order valence-corrected chi connectivity index (χ4v) is 3.59. The zero-order valence-corrected chi connectivity index (χ0v) is 16.6. The molecule has 0 atom stereocenters. The minimum absolute atomic E-state index is 0.104. The second-order valence-corrected chi connectivity index (χ2v) is 7.94. The van der Waals surface area contributed by atoms with Gasteiger partial charge >= 0.3 is 0 Å². The maximum atomic E-state index is 12.6. The third-order valence-corrected chi connectivity index (χ3v) is 5.28. The number of fused-ring (bicyclic) bond motifs is 1. The van der Waals surface area contributed by atoms with E-state index in [0.29, 0.717) is 5.76 Å². The average molecular weight is 405 g/mol. The molecule has 0 unspecified atom stereocenters. The Hall–Kier alpha value is -1.59. The van der Waals surface area contributed by atoms with Crippen LogP contribution in [0.1, 0.15) is 42.8 Å². The van der Waals surface area contributed by atoms with Crippen LogP contribution in [0.2, 0.25) is 0 Å². The quantitative estimate of drug-likeness (QED) is 0.753. The molecule has 1 aliphatic heterocycles. The summed E-state index contributed by atoms with van der Waals surface area (Å²) in [4.78, 5) is 15.1. The van der Waals surface area contributed by atoms with Gasteiger partial charge in [-0.1, -0.05) is 27.6 Å². The number of carbonyl (C=O) groups is 1. The Morgan fingerprint density at radius 2 is 2.08 bits per heavy atom. The van der Waals surface area contributed by atoms with Gasteiger partial charge in [-0.2, -0.15) is 0 Å². The van der Waals surface area contributed by atoms with Gasteiger partial charge in [0.25, 0.3) is 5.91 Å². The molecular weight excluding hydrogens is 380 g/mol. The van der Waals surface area contributed by atoms with Crippen molar-refractivity contribution in [3.63, 3.8) is 0 Å². The molecule has 2 heterocycles. The van der Waals surface area contributed by atoms with Crippen molar-refractivity contribution in [2.75, 3.05) is 19.6 Å². The molecule has 1 aromatic heterocycles. The van der Waals surface area contributed by atoms with Gasteiger partial charge in [0.15, 0.2) is 5.76 Å². The number of rotatable bonds is 4. The van der Waals surface area contributed by atoms with Crippen molar-refractivity contribution in [1.29, 1.82) is 0 Å². The SMILES string of the molecule is CC(C)=CCN1CCC(NC(=O)c2oc3ccc(Br)cc3c2C)CC1. The highest BCUT2D eigenvalue weighted by Gasteiger charge is 2.24. The summed E-state index contributed by atoms with van der Waals surface area (Å²) in [6.07, 6.45) is 4.22. The van der Waals surface area contributed by atoms with E-state index < -0.39 is 0 Å². The van der Waals surface area contributed by atoms with Crippen LogP contribution in [-0.4, -0.2) is 36.5 Å². The third-order valence-electron chi connectivity index (χ3n) is 4.78. The predicted molar refractivity (Wildman–Crippen MR) is 105 cm³/mol.